The minimum Gasteiger partial charge on any atom is -0.391 e. The first-order chi connectivity index (χ1) is 10.1. The van der Waals surface area contributed by atoms with Gasteiger partial charge in [0.2, 0.25) is 0 Å². The molecule has 0 fully saturated rings. The second-order valence-electron chi connectivity index (χ2n) is 4.76. The molecule has 0 amide bonds. The van der Waals surface area contributed by atoms with Gasteiger partial charge in [-0.1, -0.05) is 0 Å². The van der Waals surface area contributed by atoms with Crippen LogP contribution in [0.5, 0.6) is 0 Å². The predicted octanol–water partition coefficient (Wildman–Crippen LogP) is 2.16. The number of likely N-dealkylation sites (N-methyl/N-ethyl adjacent to an activating group) is 1. The van der Waals surface area contributed by atoms with Crippen LogP contribution in [0.25, 0.3) is 0 Å². The van der Waals surface area contributed by atoms with Gasteiger partial charge in [-0.3, -0.25) is 15.1 Å². The number of pyridine rings is 1. The van der Waals surface area contributed by atoms with Gasteiger partial charge in [0.25, 0.3) is 5.69 Å². The van der Waals surface area contributed by atoms with Gasteiger partial charge < -0.3 is 10.0 Å². The molecule has 2 rings (SSSR count). The van der Waals surface area contributed by atoms with E-state index in [0.29, 0.717) is 5.56 Å². The molecule has 1 N–H and O–H groups in total. The van der Waals surface area contributed by atoms with E-state index in [4.69, 9.17) is 0 Å². The Labute approximate surface area is 122 Å². The minimum atomic E-state index is -0.480. The summed E-state index contributed by atoms with van der Waals surface area (Å²) in [5, 5.41) is 20.1. The third kappa shape index (κ3) is 3.76. The molecule has 110 valence electrons. The predicted molar refractivity (Wildman–Crippen MR) is 80.2 cm³/mol. The molecule has 0 spiro atoms. The van der Waals surface area contributed by atoms with Gasteiger partial charge >= 0.3 is 0 Å². The Morgan fingerprint density at radius 2 is 2.00 bits per heavy atom. The lowest BCUT2D eigenvalue weighted by molar-refractivity contribution is -0.385. The lowest BCUT2D eigenvalue weighted by Crippen LogP contribution is -2.20. The van der Waals surface area contributed by atoms with Crippen molar-refractivity contribution in [2.75, 3.05) is 18.5 Å². The van der Waals surface area contributed by atoms with E-state index in [-0.39, 0.29) is 12.3 Å². The van der Waals surface area contributed by atoms with E-state index in [0.717, 1.165) is 18.7 Å². The molecular formula is C15H17N3O3. The Morgan fingerprint density at radius 1 is 1.29 bits per heavy atom. The summed E-state index contributed by atoms with van der Waals surface area (Å²) in [6, 6.07) is 8.71. The number of nitrogens with zero attached hydrogens (tertiary/aromatic N) is 3. The quantitative estimate of drug-likeness (QED) is 0.650. The molecule has 0 saturated heterocycles. The van der Waals surface area contributed by atoms with Crippen LogP contribution in [0.4, 0.5) is 11.4 Å². The summed E-state index contributed by atoms with van der Waals surface area (Å²) in [5.41, 5.74) is 2.30. The van der Waals surface area contributed by atoms with Gasteiger partial charge in [0.15, 0.2) is 0 Å². The van der Waals surface area contributed by atoms with Gasteiger partial charge in [-0.2, -0.15) is 0 Å². The van der Waals surface area contributed by atoms with Crippen LogP contribution in [-0.4, -0.2) is 28.6 Å². The second-order valence-corrected chi connectivity index (χ2v) is 4.76. The molecule has 0 aliphatic heterocycles. The summed E-state index contributed by atoms with van der Waals surface area (Å²) in [6.45, 7) is 0.426. The molecule has 0 atom stereocenters. The highest BCUT2D eigenvalue weighted by molar-refractivity contribution is 5.55. The summed E-state index contributed by atoms with van der Waals surface area (Å²) >= 11 is 0. The first-order valence-electron chi connectivity index (χ1n) is 6.60. The Balaban J connectivity index is 2.08. The second kappa shape index (κ2) is 6.81. The van der Waals surface area contributed by atoms with Crippen LogP contribution in [0.2, 0.25) is 0 Å². The van der Waals surface area contributed by atoms with Crippen LogP contribution in [0.3, 0.4) is 0 Å². The van der Waals surface area contributed by atoms with Gasteiger partial charge in [0, 0.05) is 37.7 Å². The minimum absolute atomic E-state index is 0.0521. The van der Waals surface area contributed by atoms with Crippen molar-refractivity contribution in [2.45, 2.75) is 13.0 Å². The number of benzene rings is 1. The monoisotopic (exact) mass is 287 g/mol. The fourth-order valence-corrected chi connectivity index (χ4v) is 2.09. The molecule has 0 saturated carbocycles. The van der Waals surface area contributed by atoms with E-state index in [1.54, 1.807) is 24.5 Å². The highest BCUT2D eigenvalue weighted by Crippen LogP contribution is 2.24. The van der Waals surface area contributed by atoms with Crippen molar-refractivity contribution in [2.24, 2.45) is 0 Å². The first-order valence-corrected chi connectivity index (χ1v) is 6.60. The molecule has 1 aromatic carbocycles. The van der Waals surface area contributed by atoms with Gasteiger partial charge in [-0.15, -0.1) is 0 Å². The SMILES string of the molecule is CN(CCc1ccncc1)c1ccc([N+](=O)[O-])c(CO)c1. The molecule has 0 radical (unpaired) electrons. The topological polar surface area (TPSA) is 79.5 Å². The summed E-state index contributed by atoms with van der Waals surface area (Å²) in [7, 11) is 1.92. The highest BCUT2D eigenvalue weighted by atomic mass is 16.6. The number of hydrogen-bond donors (Lipinski definition) is 1. The van der Waals surface area contributed by atoms with Crippen LogP contribution >= 0.6 is 0 Å². The third-order valence-corrected chi connectivity index (χ3v) is 3.36. The normalized spacial score (nSPS) is 10.4. The average molecular weight is 287 g/mol. The summed E-state index contributed by atoms with van der Waals surface area (Å²) in [6.07, 6.45) is 4.36. The maximum Gasteiger partial charge on any atom is 0.275 e. The van der Waals surface area contributed by atoms with E-state index in [9.17, 15) is 15.2 Å². The number of nitro groups is 1. The fourth-order valence-electron chi connectivity index (χ4n) is 2.09. The van der Waals surface area contributed by atoms with Gasteiger partial charge in [-0.25, -0.2) is 0 Å². The van der Waals surface area contributed by atoms with E-state index in [2.05, 4.69) is 4.98 Å². The zero-order valence-corrected chi connectivity index (χ0v) is 11.8. The molecule has 0 unspecified atom stereocenters. The maximum absolute atomic E-state index is 10.8. The van der Waals surface area contributed by atoms with E-state index < -0.39 is 4.92 Å². The number of rotatable bonds is 6. The van der Waals surface area contributed by atoms with Gasteiger partial charge in [0.1, 0.15) is 0 Å². The number of hydrogen-bond acceptors (Lipinski definition) is 5. The van der Waals surface area contributed by atoms with Crippen molar-refractivity contribution < 1.29 is 10.0 Å². The van der Waals surface area contributed by atoms with Crippen molar-refractivity contribution in [3.8, 4) is 0 Å². The molecule has 2 aromatic rings. The van der Waals surface area contributed by atoms with Crippen molar-refractivity contribution in [3.05, 3.63) is 64.0 Å². The molecular weight excluding hydrogens is 270 g/mol. The Hall–Kier alpha value is -2.47. The highest BCUT2D eigenvalue weighted by Gasteiger charge is 2.14. The summed E-state index contributed by atoms with van der Waals surface area (Å²) < 4.78 is 0. The molecule has 21 heavy (non-hydrogen) atoms. The zero-order valence-electron chi connectivity index (χ0n) is 11.8. The third-order valence-electron chi connectivity index (χ3n) is 3.36. The molecule has 0 bridgehead atoms. The maximum atomic E-state index is 10.8. The average Bonchev–Trinajstić information content (AvgIpc) is 2.52. The van der Waals surface area contributed by atoms with Crippen LogP contribution in [0.15, 0.2) is 42.7 Å². The van der Waals surface area contributed by atoms with Crippen molar-refractivity contribution in [3.63, 3.8) is 0 Å². The van der Waals surface area contributed by atoms with E-state index in [1.807, 2.05) is 24.1 Å². The molecule has 1 aromatic heterocycles. The Kier molecular flexibility index (Phi) is 4.84. The lowest BCUT2D eigenvalue weighted by atomic mass is 10.1. The van der Waals surface area contributed by atoms with Gasteiger partial charge in [0.05, 0.1) is 17.1 Å². The smallest absolute Gasteiger partial charge is 0.275 e. The molecule has 0 aliphatic rings. The summed E-state index contributed by atoms with van der Waals surface area (Å²) in [4.78, 5) is 16.3. The van der Waals surface area contributed by atoms with Crippen molar-refractivity contribution in [1.29, 1.82) is 0 Å². The first kappa shape index (κ1) is 14.9. The Bertz CT molecular complexity index is 617. The van der Waals surface area contributed by atoms with E-state index in [1.165, 1.54) is 11.6 Å². The standard InChI is InChI=1S/C15H17N3O3/c1-17(9-6-12-4-7-16-8-5-12)14-2-3-15(18(20)21)13(10-14)11-19/h2-5,7-8,10,19H,6,9,11H2,1H3. The van der Waals surface area contributed by atoms with Crippen LogP contribution < -0.4 is 4.90 Å². The zero-order chi connectivity index (χ0) is 15.2. The number of aliphatic hydroxyl groups excluding tert-OH is 1. The van der Waals surface area contributed by atoms with E-state index >= 15 is 0 Å². The lowest BCUT2D eigenvalue weighted by Gasteiger charge is -2.20. The molecule has 6 heteroatoms. The molecule has 0 aliphatic carbocycles. The summed E-state index contributed by atoms with van der Waals surface area (Å²) in [5.74, 6) is 0. The van der Waals surface area contributed by atoms with Crippen LogP contribution in [-0.2, 0) is 13.0 Å². The largest absolute Gasteiger partial charge is 0.391 e. The van der Waals surface area contributed by atoms with Crippen LogP contribution in [0.1, 0.15) is 11.1 Å². The fraction of sp³-hybridized carbons (Fsp3) is 0.267. The van der Waals surface area contributed by atoms with Crippen LogP contribution in [0, 0.1) is 10.1 Å². The Morgan fingerprint density at radius 3 is 2.62 bits per heavy atom. The van der Waals surface area contributed by atoms with Crippen molar-refractivity contribution >= 4 is 11.4 Å². The van der Waals surface area contributed by atoms with Gasteiger partial charge in [-0.05, 0) is 36.2 Å². The number of aromatic nitrogens is 1. The number of anilines is 1. The molecule has 6 nitrogen and oxygen atoms in total. The number of nitro benzene ring substituents is 1. The van der Waals surface area contributed by atoms with Crippen molar-refractivity contribution in [1.82, 2.24) is 4.98 Å². The molecule has 1 heterocycles. The number of aliphatic hydroxyl groups is 1.